The Morgan fingerprint density at radius 1 is 1.38 bits per heavy atom. The van der Waals surface area contributed by atoms with Crippen LogP contribution in [0.3, 0.4) is 0 Å². The van der Waals surface area contributed by atoms with Crippen LogP contribution in [0.4, 0.5) is 0 Å². The van der Waals surface area contributed by atoms with E-state index in [2.05, 4.69) is 22.4 Å². The van der Waals surface area contributed by atoms with E-state index in [1.807, 2.05) is 45.3 Å². The lowest BCUT2D eigenvalue weighted by Crippen LogP contribution is -2.53. The van der Waals surface area contributed by atoms with Crippen molar-refractivity contribution in [3.8, 4) is 10.4 Å². The Bertz CT molecular complexity index is 946. The van der Waals surface area contributed by atoms with Crippen molar-refractivity contribution < 1.29 is 14.7 Å². The molecule has 9 nitrogen and oxygen atoms in total. The summed E-state index contributed by atoms with van der Waals surface area (Å²) >= 11 is 1.64. The molecule has 10 heteroatoms. The molecule has 1 aliphatic heterocycles. The predicted octanol–water partition coefficient (Wildman–Crippen LogP) is 1.96. The fourth-order valence-corrected chi connectivity index (χ4v) is 4.75. The van der Waals surface area contributed by atoms with Gasteiger partial charge in [0.25, 0.3) is 0 Å². The minimum Gasteiger partial charge on any atom is -0.403 e. The van der Waals surface area contributed by atoms with Crippen LogP contribution in [0.25, 0.3) is 10.4 Å². The summed E-state index contributed by atoms with van der Waals surface area (Å²) < 4.78 is 0. The second-order valence-corrected chi connectivity index (χ2v) is 9.52. The van der Waals surface area contributed by atoms with Crippen molar-refractivity contribution in [3.05, 3.63) is 53.4 Å². The fraction of sp³-hybridized carbons (Fsp3) is 0.458. The predicted molar refractivity (Wildman–Crippen MR) is 135 cm³/mol. The lowest BCUT2D eigenvalue weighted by atomic mass is 10.0. The first-order chi connectivity index (χ1) is 16.2. The molecule has 0 bridgehead atoms. The smallest absolute Gasteiger partial charge is 0.247 e. The van der Waals surface area contributed by atoms with Crippen LogP contribution in [0.1, 0.15) is 38.4 Å². The molecule has 3 rings (SSSR count). The summed E-state index contributed by atoms with van der Waals surface area (Å²) in [5.74, 6) is 5.83. The molecule has 186 valence electrons. The van der Waals surface area contributed by atoms with Gasteiger partial charge in [-0.2, -0.15) is 0 Å². The van der Waals surface area contributed by atoms with Crippen molar-refractivity contribution >= 4 is 23.7 Å². The van der Waals surface area contributed by atoms with Gasteiger partial charge in [0.05, 0.1) is 22.2 Å². The number of aryl methyl sites for hydroxylation is 1. The lowest BCUT2D eigenvalue weighted by Gasteiger charge is -2.33. The van der Waals surface area contributed by atoms with Crippen molar-refractivity contribution in [3.63, 3.8) is 0 Å². The maximum absolute atomic E-state index is 12.5. The van der Waals surface area contributed by atoms with Crippen LogP contribution in [0.15, 0.2) is 42.2 Å². The number of thiazole rings is 1. The minimum absolute atomic E-state index is 0.0454. The summed E-state index contributed by atoms with van der Waals surface area (Å²) in [4.78, 5) is 29.8. The number of aliphatic hydroxyl groups excluding tert-OH is 1. The summed E-state index contributed by atoms with van der Waals surface area (Å²) in [6.45, 7) is 8.77. The van der Waals surface area contributed by atoms with Crippen molar-refractivity contribution in [2.75, 3.05) is 6.54 Å². The molecular formula is C24H36N6O3S. The zero-order valence-corrected chi connectivity index (χ0v) is 21.0. The molecule has 3 unspecified atom stereocenters. The number of likely N-dealkylation sites (tertiary alicyclic amines) is 1. The highest BCUT2D eigenvalue weighted by Crippen LogP contribution is 2.27. The second-order valence-electron chi connectivity index (χ2n) is 8.67. The molecule has 1 saturated heterocycles. The minimum atomic E-state index is -0.461. The largest absolute Gasteiger partial charge is 0.403 e. The highest BCUT2D eigenvalue weighted by molar-refractivity contribution is 7.13. The summed E-state index contributed by atoms with van der Waals surface area (Å²) in [6.07, 6.45) is 3.69. The van der Waals surface area contributed by atoms with Crippen LogP contribution >= 0.6 is 11.3 Å². The molecule has 1 aliphatic rings. The number of benzene rings is 1. The number of β-amino-alcohol motifs (C(OH)–C–C–N with tert-alkyl or cyclic N) is 1. The van der Waals surface area contributed by atoms with E-state index >= 15 is 0 Å². The van der Waals surface area contributed by atoms with Crippen molar-refractivity contribution in [2.24, 2.45) is 17.5 Å². The number of hydrogen-bond donors (Lipinski definition) is 4. The number of aliphatic hydroxyl groups is 1. The highest BCUT2D eigenvalue weighted by atomic mass is 32.1. The van der Waals surface area contributed by atoms with Crippen molar-refractivity contribution in [1.82, 2.24) is 20.2 Å². The van der Waals surface area contributed by atoms with E-state index < -0.39 is 12.1 Å². The molecule has 0 spiro atoms. The van der Waals surface area contributed by atoms with Crippen LogP contribution in [-0.2, 0) is 16.1 Å². The third kappa shape index (κ3) is 7.28. The zero-order valence-electron chi connectivity index (χ0n) is 20.2. The summed E-state index contributed by atoms with van der Waals surface area (Å²) in [7, 11) is 0. The van der Waals surface area contributed by atoms with E-state index in [1.54, 1.807) is 16.2 Å². The summed E-state index contributed by atoms with van der Waals surface area (Å²) in [5.41, 5.74) is 10.5. The molecular weight excluding hydrogens is 452 g/mol. The Morgan fingerprint density at radius 3 is 2.53 bits per heavy atom. The number of hydrogen-bond acceptors (Lipinski definition) is 8. The first kappa shape index (κ1) is 27.3. The Labute approximate surface area is 205 Å². The molecule has 2 aromatic rings. The van der Waals surface area contributed by atoms with Gasteiger partial charge in [0.2, 0.25) is 12.3 Å². The normalized spacial score (nSPS) is 18.5. The summed E-state index contributed by atoms with van der Waals surface area (Å²) in [5, 5.41) is 13.6. The van der Waals surface area contributed by atoms with Crippen LogP contribution in [0.5, 0.6) is 0 Å². The van der Waals surface area contributed by atoms with Gasteiger partial charge in [-0.15, -0.1) is 11.3 Å². The van der Waals surface area contributed by atoms with E-state index in [9.17, 15) is 14.7 Å². The van der Waals surface area contributed by atoms with Crippen LogP contribution in [-0.4, -0.2) is 57.0 Å². The SMILES string of the molecule is CC(C)C(C(=O)N1CC(O)CC1C)N(N)/C=C\N.Cc1ncsc1-c1ccc(CNC=O)cc1. The maximum Gasteiger partial charge on any atom is 0.247 e. The number of nitrogens with zero attached hydrogens (tertiary/aromatic N) is 3. The van der Waals surface area contributed by atoms with Crippen molar-refractivity contribution in [1.29, 1.82) is 0 Å². The van der Waals surface area contributed by atoms with Crippen LogP contribution in [0.2, 0.25) is 0 Å². The Morgan fingerprint density at radius 2 is 2.06 bits per heavy atom. The molecule has 1 aromatic heterocycles. The second kappa shape index (κ2) is 13.1. The average Bonchev–Trinajstić information content (AvgIpc) is 3.37. The summed E-state index contributed by atoms with van der Waals surface area (Å²) in [6, 6.07) is 7.74. The van der Waals surface area contributed by atoms with Gasteiger partial charge in [-0.3, -0.25) is 9.59 Å². The molecule has 0 saturated carbocycles. The van der Waals surface area contributed by atoms with Gasteiger partial charge in [0.15, 0.2) is 0 Å². The first-order valence-electron chi connectivity index (χ1n) is 11.3. The molecule has 34 heavy (non-hydrogen) atoms. The van der Waals surface area contributed by atoms with Gasteiger partial charge in [-0.1, -0.05) is 38.1 Å². The number of amides is 2. The third-order valence-corrected chi connectivity index (χ3v) is 6.63. The van der Waals surface area contributed by atoms with E-state index in [-0.39, 0.29) is 17.9 Å². The average molecular weight is 489 g/mol. The first-order valence-corrected chi connectivity index (χ1v) is 12.1. The molecule has 1 aromatic carbocycles. The topological polar surface area (TPSA) is 138 Å². The Kier molecular flexibility index (Phi) is 10.5. The van der Waals surface area contributed by atoms with Crippen molar-refractivity contribution in [2.45, 2.75) is 58.8 Å². The zero-order chi connectivity index (χ0) is 25.3. The van der Waals surface area contributed by atoms with Gasteiger partial charge < -0.3 is 26.1 Å². The van der Waals surface area contributed by atoms with Gasteiger partial charge in [-0.05, 0) is 37.3 Å². The number of aromatic nitrogens is 1. The van der Waals surface area contributed by atoms with E-state index in [0.29, 0.717) is 25.9 Å². The number of carbonyl (C=O) groups excluding carboxylic acids is 2. The fourth-order valence-electron chi connectivity index (χ4n) is 3.94. The monoisotopic (exact) mass is 488 g/mol. The molecule has 0 aliphatic carbocycles. The molecule has 0 radical (unpaired) electrons. The lowest BCUT2D eigenvalue weighted by molar-refractivity contribution is -0.138. The van der Waals surface area contributed by atoms with Gasteiger partial charge in [0, 0.05) is 31.5 Å². The van der Waals surface area contributed by atoms with Gasteiger partial charge in [0.1, 0.15) is 6.04 Å². The molecule has 2 heterocycles. The van der Waals surface area contributed by atoms with E-state index in [1.165, 1.54) is 27.8 Å². The molecule has 6 N–H and O–H groups in total. The van der Waals surface area contributed by atoms with E-state index in [0.717, 1.165) is 11.3 Å². The van der Waals surface area contributed by atoms with Crippen LogP contribution < -0.4 is 16.9 Å². The number of hydrazine groups is 1. The third-order valence-electron chi connectivity index (χ3n) is 5.65. The number of rotatable bonds is 8. The van der Waals surface area contributed by atoms with Gasteiger partial charge in [-0.25, -0.2) is 10.8 Å². The Balaban J connectivity index is 0.000000241. The molecule has 3 atom stereocenters. The van der Waals surface area contributed by atoms with Crippen LogP contribution in [0, 0.1) is 12.8 Å². The highest BCUT2D eigenvalue weighted by Gasteiger charge is 2.37. The Hall–Kier alpha value is -2.95. The van der Waals surface area contributed by atoms with E-state index in [4.69, 9.17) is 11.6 Å². The standard InChI is InChI=1S/C12H24N4O2.C12H12N2OS/c1-8(2)11(16(14)5-4-13)12(18)15-7-10(17)6-9(15)3;1-9-12(16-8-14-9)11-4-2-10(3-5-11)6-13-7-15/h4-5,8-11,17H,6-7,13-14H2,1-3H3;2-5,7-8H,6H2,1H3,(H,13,15)/b5-4-;. The number of carbonyl (C=O) groups is 2. The molecule has 1 fully saturated rings. The maximum atomic E-state index is 12.5. The van der Waals surface area contributed by atoms with Gasteiger partial charge >= 0.3 is 0 Å². The number of nitrogens with one attached hydrogen (secondary N) is 1. The number of nitrogens with two attached hydrogens (primary N) is 2. The molecule has 2 amide bonds. The quantitative estimate of drug-likeness (QED) is 0.253.